The molecule has 0 aliphatic heterocycles. The Morgan fingerprint density at radius 2 is 1.88 bits per heavy atom. The molecule has 0 amide bonds. The first-order chi connectivity index (χ1) is 12.1. The monoisotopic (exact) mass is 340 g/mol. The molecule has 0 spiro atoms. The number of aromatic nitrogens is 1. The fourth-order valence-corrected chi connectivity index (χ4v) is 2.74. The first-order valence-electron chi connectivity index (χ1n) is 8.76. The third-order valence-corrected chi connectivity index (χ3v) is 4.14. The summed E-state index contributed by atoms with van der Waals surface area (Å²) in [5.74, 6) is 0.801. The first-order valence-corrected chi connectivity index (χ1v) is 8.76. The summed E-state index contributed by atoms with van der Waals surface area (Å²) in [5.41, 5.74) is 3.58. The van der Waals surface area contributed by atoms with E-state index >= 15 is 0 Å². The second-order valence-corrected chi connectivity index (χ2v) is 6.21. The van der Waals surface area contributed by atoms with Crippen molar-refractivity contribution >= 4 is 5.96 Å². The molecular formula is C20H28N4O. The van der Waals surface area contributed by atoms with Gasteiger partial charge in [-0.2, -0.15) is 0 Å². The van der Waals surface area contributed by atoms with Crippen LogP contribution in [0.15, 0.2) is 52.3 Å². The minimum atomic E-state index is 0.0728. The average Bonchev–Trinajstić information content (AvgIpc) is 2.59. The van der Waals surface area contributed by atoms with Crippen LogP contribution in [0.25, 0.3) is 0 Å². The van der Waals surface area contributed by atoms with Crippen molar-refractivity contribution in [3.05, 3.63) is 69.6 Å². The maximum Gasteiger partial charge on any atom is 0.250 e. The van der Waals surface area contributed by atoms with E-state index < -0.39 is 0 Å². The smallest absolute Gasteiger partial charge is 0.250 e. The predicted molar refractivity (Wildman–Crippen MR) is 104 cm³/mol. The third kappa shape index (κ3) is 6.10. The minimum absolute atomic E-state index is 0.0728. The first kappa shape index (κ1) is 18.8. The molecule has 2 rings (SSSR count). The zero-order valence-electron chi connectivity index (χ0n) is 15.4. The minimum Gasteiger partial charge on any atom is -0.356 e. The number of nitrogens with zero attached hydrogens (tertiary/aromatic N) is 2. The molecule has 5 nitrogen and oxygen atoms in total. The Bertz CT molecular complexity index is 764. The summed E-state index contributed by atoms with van der Waals surface area (Å²) in [6.45, 7) is 6.39. The molecule has 0 saturated carbocycles. The van der Waals surface area contributed by atoms with Gasteiger partial charge in [-0.25, -0.2) is 0 Å². The number of aliphatic imine (C=N–C) groups is 1. The number of rotatable bonds is 7. The summed E-state index contributed by atoms with van der Waals surface area (Å²) < 4.78 is 1.82. The van der Waals surface area contributed by atoms with Crippen molar-refractivity contribution in [3.63, 3.8) is 0 Å². The van der Waals surface area contributed by atoms with E-state index in [2.05, 4.69) is 46.8 Å². The van der Waals surface area contributed by atoms with Crippen LogP contribution in [0.1, 0.15) is 29.7 Å². The van der Waals surface area contributed by atoms with E-state index in [1.54, 1.807) is 19.2 Å². The standard InChI is InChI=1S/C20H28N4O/c1-16-8-6-10-18(14-16)15-23-20(21-3)22-12-4-5-13-24-17(2)9-7-11-19(24)25/h6-11,14H,4-5,12-13,15H2,1-3H3,(H2,21,22,23). The van der Waals surface area contributed by atoms with Crippen molar-refractivity contribution in [2.24, 2.45) is 4.99 Å². The van der Waals surface area contributed by atoms with Crippen LogP contribution in [0.5, 0.6) is 0 Å². The van der Waals surface area contributed by atoms with Gasteiger partial charge in [0.05, 0.1) is 0 Å². The largest absolute Gasteiger partial charge is 0.356 e. The molecule has 5 heteroatoms. The summed E-state index contributed by atoms with van der Waals surface area (Å²) >= 11 is 0. The van der Waals surface area contributed by atoms with Gasteiger partial charge in [-0.3, -0.25) is 9.79 Å². The molecule has 0 atom stereocenters. The van der Waals surface area contributed by atoms with Gasteiger partial charge in [0.25, 0.3) is 5.56 Å². The van der Waals surface area contributed by atoms with Crippen LogP contribution in [0, 0.1) is 13.8 Å². The Labute approximate surface area is 149 Å². The lowest BCUT2D eigenvalue weighted by molar-refractivity contribution is 0.575. The molecule has 134 valence electrons. The Kier molecular flexibility index (Phi) is 7.26. The number of unbranched alkanes of at least 4 members (excludes halogenated alkanes) is 1. The van der Waals surface area contributed by atoms with Gasteiger partial charge in [0, 0.05) is 38.4 Å². The molecule has 2 aromatic rings. The molecule has 0 radical (unpaired) electrons. The lowest BCUT2D eigenvalue weighted by Crippen LogP contribution is -2.37. The van der Waals surface area contributed by atoms with Gasteiger partial charge in [0.1, 0.15) is 0 Å². The van der Waals surface area contributed by atoms with E-state index in [-0.39, 0.29) is 5.56 Å². The fourth-order valence-electron chi connectivity index (χ4n) is 2.74. The zero-order valence-corrected chi connectivity index (χ0v) is 15.4. The normalized spacial score (nSPS) is 11.4. The SMILES string of the molecule is CN=C(NCCCCn1c(C)cccc1=O)NCc1cccc(C)c1. The molecule has 0 fully saturated rings. The van der Waals surface area contributed by atoms with Crippen LogP contribution in [-0.4, -0.2) is 24.1 Å². The Morgan fingerprint density at radius 3 is 2.60 bits per heavy atom. The summed E-state index contributed by atoms with van der Waals surface area (Å²) in [4.78, 5) is 16.1. The van der Waals surface area contributed by atoms with E-state index in [1.165, 1.54) is 11.1 Å². The molecule has 0 bridgehead atoms. The van der Waals surface area contributed by atoms with Crippen LogP contribution in [0.3, 0.4) is 0 Å². The van der Waals surface area contributed by atoms with Gasteiger partial charge >= 0.3 is 0 Å². The summed E-state index contributed by atoms with van der Waals surface area (Å²) in [6, 6.07) is 13.8. The van der Waals surface area contributed by atoms with Gasteiger partial charge < -0.3 is 15.2 Å². The number of aryl methyl sites for hydroxylation is 2. The number of pyridine rings is 1. The highest BCUT2D eigenvalue weighted by Gasteiger charge is 2.01. The summed E-state index contributed by atoms with van der Waals surface area (Å²) in [7, 11) is 1.78. The van der Waals surface area contributed by atoms with Gasteiger partial charge in [-0.05, 0) is 38.3 Å². The number of hydrogen-bond acceptors (Lipinski definition) is 2. The van der Waals surface area contributed by atoms with E-state index in [0.717, 1.165) is 44.1 Å². The van der Waals surface area contributed by atoms with Gasteiger partial charge in [-0.1, -0.05) is 35.9 Å². The molecule has 25 heavy (non-hydrogen) atoms. The van der Waals surface area contributed by atoms with Crippen LogP contribution in [0.2, 0.25) is 0 Å². The number of hydrogen-bond donors (Lipinski definition) is 2. The van der Waals surface area contributed by atoms with Crippen LogP contribution < -0.4 is 16.2 Å². The second kappa shape index (κ2) is 9.67. The molecule has 0 aliphatic carbocycles. The van der Waals surface area contributed by atoms with Crippen molar-refractivity contribution in [1.82, 2.24) is 15.2 Å². The Morgan fingerprint density at radius 1 is 1.08 bits per heavy atom. The maximum atomic E-state index is 11.8. The number of benzene rings is 1. The summed E-state index contributed by atoms with van der Waals surface area (Å²) in [6.07, 6.45) is 1.93. The molecule has 1 heterocycles. The fraction of sp³-hybridized carbons (Fsp3) is 0.400. The van der Waals surface area contributed by atoms with Crippen molar-refractivity contribution in [2.45, 2.75) is 39.8 Å². The van der Waals surface area contributed by atoms with Crippen molar-refractivity contribution in [1.29, 1.82) is 0 Å². The van der Waals surface area contributed by atoms with Crippen molar-refractivity contribution < 1.29 is 0 Å². The van der Waals surface area contributed by atoms with Crippen molar-refractivity contribution in [3.8, 4) is 0 Å². The Balaban J connectivity index is 1.70. The average molecular weight is 340 g/mol. The molecular weight excluding hydrogens is 312 g/mol. The lowest BCUT2D eigenvalue weighted by Gasteiger charge is -2.13. The van der Waals surface area contributed by atoms with E-state index in [0.29, 0.717) is 0 Å². The molecule has 1 aromatic carbocycles. The highest BCUT2D eigenvalue weighted by atomic mass is 16.1. The Hall–Kier alpha value is -2.56. The van der Waals surface area contributed by atoms with E-state index in [4.69, 9.17) is 0 Å². The van der Waals surface area contributed by atoms with E-state index in [9.17, 15) is 4.79 Å². The third-order valence-electron chi connectivity index (χ3n) is 4.14. The molecule has 2 N–H and O–H groups in total. The maximum absolute atomic E-state index is 11.8. The van der Waals surface area contributed by atoms with Gasteiger partial charge in [0.15, 0.2) is 5.96 Å². The van der Waals surface area contributed by atoms with Crippen LogP contribution >= 0.6 is 0 Å². The van der Waals surface area contributed by atoms with Crippen LogP contribution in [-0.2, 0) is 13.1 Å². The van der Waals surface area contributed by atoms with Gasteiger partial charge in [0.2, 0.25) is 0 Å². The highest BCUT2D eigenvalue weighted by molar-refractivity contribution is 5.79. The molecule has 0 aliphatic rings. The van der Waals surface area contributed by atoms with E-state index in [1.807, 2.05) is 17.6 Å². The van der Waals surface area contributed by atoms with Gasteiger partial charge in [-0.15, -0.1) is 0 Å². The van der Waals surface area contributed by atoms with Crippen LogP contribution in [0.4, 0.5) is 0 Å². The number of guanidine groups is 1. The quantitative estimate of drug-likeness (QED) is 0.463. The van der Waals surface area contributed by atoms with Crippen molar-refractivity contribution in [2.75, 3.05) is 13.6 Å². The lowest BCUT2D eigenvalue weighted by atomic mass is 10.1. The summed E-state index contributed by atoms with van der Waals surface area (Å²) in [5, 5.41) is 6.64. The number of nitrogens with one attached hydrogen (secondary N) is 2. The predicted octanol–water partition coefficient (Wildman–Crippen LogP) is 2.61. The molecule has 0 unspecified atom stereocenters. The highest BCUT2D eigenvalue weighted by Crippen LogP contribution is 2.03. The second-order valence-electron chi connectivity index (χ2n) is 6.21. The zero-order chi connectivity index (χ0) is 18.1. The molecule has 0 saturated heterocycles. The molecule has 1 aromatic heterocycles. The topological polar surface area (TPSA) is 58.4 Å².